The minimum Gasteiger partial charge on any atom is -0.308 e. The summed E-state index contributed by atoms with van der Waals surface area (Å²) in [6.45, 7) is 3.95. The maximum absolute atomic E-state index is 12.0. The van der Waals surface area contributed by atoms with Crippen LogP contribution in [0.2, 0.25) is 0 Å². The fourth-order valence-corrected chi connectivity index (χ4v) is 1.96. The highest BCUT2D eigenvalue weighted by Gasteiger charge is 2.26. The third kappa shape index (κ3) is 6.05. The van der Waals surface area contributed by atoms with Gasteiger partial charge in [0.1, 0.15) is 0 Å². The first-order valence-electron chi connectivity index (χ1n) is 6.26. The number of hydrogen-bond donors (Lipinski definition) is 1. The summed E-state index contributed by atoms with van der Waals surface area (Å²) >= 11 is 0. The lowest BCUT2D eigenvalue weighted by Gasteiger charge is -2.20. The van der Waals surface area contributed by atoms with Crippen LogP contribution < -0.4 is 5.32 Å². The molecule has 0 spiro atoms. The molecular weight excluding hydrogens is 239 g/mol. The minimum absolute atomic E-state index is 0.0857. The molecule has 0 aromatic heterocycles. The lowest BCUT2D eigenvalue weighted by molar-refractivity contribution is -0.135. The van der Waals surface area contributed by atoms with Crippen LogP contribution >= 0.6 is 0 Å². The summed E-state index contributed by atoms with van der Waals surface area (Å²) in [5.74, 6) is 0. The number of hydrogen-bond acceptors (Lipinski definition) is 1. The summed E-state index contributed by atoms with van der Waals surface area (Å²) in [6, 6.07) is 10.1. The van der Waals surface area contributed by atoms with Crippen molar-refractivity contribution in [2.24, 2.45) is 0 Å². The first-order valence-corrected chi connectivity index (χ1v) is 6.26. The van der Waals surface area contributed by atoms with Crippen LogP contribution in [-0.4, -0.2) is 12.2 Å². The van der Waals surface area contributed by atoms with Crippen molar-refractivity contribution in [3.63, 3.8) is 0 Å². The van der Waals surface area contributed by atoms with Crippen LogP contribution in [0.4, 0.5) is 13.2 Å². The summed E-state index contributed by atoms with van der Waals surface area (Å²) in [6.07, 6.45) is -4.01. The highest BCUT2D eigenvalue weighted by Crippen LogP contribution is 2.23. The molecular formula is C14H20F3N. The van der Waals surface area contributed by atoms with Crippen molar-refractivity contribution >= 4 is 0 Å². The fraction of sp³-hybridized carbons (Fsp3) is 0.571. The molecule has 2 unspecified atom stereocenters. The summed E-state index contributed by atoms with van der Waals surface area (Å²) < 4.78 is 36.0. The van der Waals surface area contributed by atoms with Crippen molar-refractivity contribution < 1.29 is 13.2 Å². The van der Waals surface area contributed by atoms with E-state index in [1.807, 2.05) is 44.2 Å². The zero-order valence-electron chi connectivity index (χ0n) is 10.8. The molecule has 0 aliphatic rings. The smallest absolute Gasteiger partial charge is 0.308 e. The van der Waals surface area contributed by atoms with Gasteiger partial charge in [-0.25, -0.2) is 0 Å². The molecule has 0 saturated carbocycles. The largest absolute Gasteiger partial charge is 0.389 e. The molecule has 1 N–H and O–H groups in total. The van der Waals surface area contributed by atoms with Crippen molar-refractivity contribution in [2.75, 3.05) is 0 Å². The Morgan fingerprint density at radius 1 is 1.11 bits per heavy atom. The second-order valence-corrected chi connectivity index (χ2v) is 4.71. The molecule has 0 fully saturated rings. The molecule has 4 heteroatoms. The Kier molecular flexibility index (Phi) is 5.66. The van der Waals surface area contributed by atoms with Crippen LogP contribution in [0.1, 0.15) is 44.7 Å². The Labute approximate surface area is 106 Å². The molecule has 1 rings (SSSR count). The van der Waals surface area contributed by atoms with Gasteiger partial charge in [0.05, 0.1) is 0 Å². The van der Waals surface area contributed by atoms with Gasteiger partial charge in [0.15, 0.2) is 0 Å². The monoisotopic (exact) mass is 259 g/mol. The van der Waals surface area contributed by atoms with Gasteiger partial charge >= 0.3 is 6.18 Å². The first-order chi connectivity index (χ1) is 8.38. The van der Waals surface area contributed by atoms with Crippen molar-refractivity contribution in [2.45, 2.75) is 51.4 Å². The molecule has 0 amide bonds. The van der Waals surface area contributed by atoms with Gasteiger partial charge in [-0.3, -0.25) is 0 Å². The van der Waals surface area contributed by atoms with E-state index < -0.39 is 12.6 Å². The summed E-state index contributed by atoms with van der Waals surface area (Å²) in [5, 5.41) is 3.32. The van der Waals surface area contributed by atoms with Crippen molar-refractivity contribution in [3.8, 4) is 0 Å². The molecule has 102 valence electrons. The number of alkyl halides is 3. The van der Waals surface area contributed by atoms with E-state index in [2.05, 4.69) is 5.32 Å². The molecule has 1 aromatic carbocycles. The Balaban J connectivity index is 2.30. The second kappa shape index (κ2) is 6.78. The quantitative estimate of drug-likeness (QED) is 0.795. The molecule has 2 atom stereocenters. The standard InChI is InChI=1S/C14H20F3N/c1-11(7-6-10-14(15,16)17)18-12(2)13-8-4-3-5-9-13/h3-5,8-9,11-12,18H,6-7,10H2,1-2H3. The van der Waals surface area contributed by atoms with Crippen LogP contribution in [0.3, 0.4) is 0 Å². The fourth-order valence-electron chi connectivity index (χ4n) is 1.96. The summed E-state index contributed by atoms with van der Waals surface area (Å²) in [4.78, 5) is 0. The highest BCUT2D eigenvalue weighted by molar-refractivity contribution is 5.18. The molecule has 0 heterocycles. The van der Waals surface area contributed by atoms with E-state index in [0.717, 1.165) is 5.56 Å². The molecule has 0 radical (unpaired) electrons. The van der Waals surface area contributed by atoms with Crippen LogP contribution in [0.15, 0.2) is 30.3 Å². The van der Waals surface area contributed by atoms with Gasteiger partial charge in [-0.2, -0.15) is 13.2 Å². The zero-order valence-corrected chi connectivity index (χ0v) is 10.8. The lowest BCUT2D eigenvalue weighted by Crippen LogP contribution is -2.29. The SMILES string of the molecule is CC(CCCC(F)(F)F)NC(C)c1ccccc1. The van der Waals surface area contributed by atoms with E-state index in [1.165, 1.54) is 0 Å². The minimum atomic E-state index is -4.04. The second-order valence-electron chi connectivity index (χ2n) is 4.71. The number of halogens is 3. The van der Waals surface area contributed by atoms with Gasteiger partial charge in [-0.05, 0) is 32.3 Å². The van der Waals surface area contributed by atoms with E-state index in [1.54, 1.807) is 0 Å². The number of rotatable bonds is 6. The predicted molar refractivity (Wildman–Crippen MR) is 67.4 cm³/mol. The van der Waals surface area contributed by atoms with Crippen molar-refractivity contribution in [1.29, 1.82) is 0 Å². The highest BCUT2D eigenvalue weighted by atomic mass is 19.4. The van der Waals surface area contributed by atoms with E-state index in [0.29, 0.717) is 6.42 Å². The zero-order chi connectivity index (χ0) is 13.6. The Morgan fingerprint density at radius 2 is 1.72 bits per heavy atom. The van der Waals surface area contributed by atoms with E-state index in [9.17, 15) is 13.2 Å². The average Bonchev–Trinajstić information content (AvgIpc) is 2.28. The Bertz CT molecular complexity index is 335. The molecule has 1 aromatic rings. The van der Waals surface area contributed by atoms with Crippen molar-refractivity contribution in [3.05, 3.63) is 35.9 Å². The summed E-state index contributed by atoms with van der Waals surface area (Å²) in [5.41, 5.74) is 1.15. The van der Waals surface area contributed by atoms with Crippen LogP contribution in [0, 0.1) is 0 Å². The Morgan fingerprint density at radius 3 is 2.28 bits per heavy atom. The Hall–Kier alpha value is -1.03. The lowest BCUT2D eigenvalue weighted by atomic mass is 10.1. The summed E-state index contributed by atoms with van der Waals surface area (Å²) in [7, 11) is 0. The third-order valence-corrected chi connectivity index (χ3v) is 2.93. The van der Waals surface area contributed by atoms with Crippen LogP contribution in [-0.2, 0) is 0 Å². The van der Waals surface area contributed by atoms with Gasteiger partial charge in [-0.1, -0.05) is 30.3 Å². The molecule has 0 aliphatic carbocycles. The molecule has 0 bridgehead atoms. The van der Waals surface area contributed by atoms with E-state index >= 15 is 0 Å². The average molecular weight is 259 g/mol. The van der Waals surface area contributed by atoms with Gasteiger partial charge in [0.2, 0.25) is 0 Å². The first kappa shape index (κ1) is 15.0. The normalized spacial score (nSPS) is 15.4. The third-order valence-electron chi connectivity index (χ3n) is 2.93. The van der Waals surface area contributed by atoms with Gasteiger partial charge < -0.3 is 5.32 Å². The predicted octanol–water partition coefficient (Wildman–Crippen LogP) is 4.46. The molecule has 0 saturated heterocycles. The van der Waals surface area contributed by atoms with Gasteiger partial charge in [0.25, 0.3) is 0 Å². The maximum Gasteiger partial charge on any atom is 0.389 e. The van der Waals surface area contributed by atoms with E-state index in [4.69, 9.17) is 0 Å². The van der Waals surface area contributed by atoms with E-state index in [-0.39, 0.29) is 18.5 Å². The number of nitrogens with one attached hydrogen (secondary N) is 1. The number of benzene rings is 1. The molecule has 1 nitrogen and oxygen atoms in total. The van der Waals surface area contributed by atoms with Gasteiger partial charge in [-0.15, -0.1) is 0 Å². The van der Waals surface area contributed by atoms with Crippen molar-refractivity contribution in [1.82, 2.24) is 5.32 Å². The van der Waals surface area contributed by atoms with Crippen LogP contribution in [0.5, 0.6) is 0 Å². The maximum atomic E-state index is 12.0. The van der Waals surface area contributed by atoms with Gasteiger partial charge in [0, 0.05) is 18.5 Å². The van der Waals surface area contributed by atoms with Crippen LogP contribution in [0.25, 0.3) is 0 Å². The topological polar surface area (TPSA) is 12.0 Å². The molecule has 18 heavy (non-hydrogen) atoms. The molecule has 0 aliphatic heterocycles.